The average molecular weight is 798 g/mol. The normalized spacial score (nSPS) is 14.7. The van der Waals surface area contributed by atoms with Crippen LogP contribution in [0.2, 0.25) is 0 Å². The topological polar surface area (TPSA) is 105 Å². The van der Waals surface area contributed by atoms with Gasteiger partial charge in [0.1, 0.15) is 13.2 Å². The minimum absolute atomic E-state index is 0.0546. The van der Waals surface area contributed by atoms with Crippen molar-refractivity contribution in [1.29, 1.82) is 0 Å². The van der Waals surface area contributed by atoms with Crippen LogP contribution in [0.4, 0.5) is 0 Å². The third-order valence-corrected chi connectivity index (χ3v) is 11.1. The number of nitrogens with one attached hydrogen (secondary N) is 1. The molecule has 3 unspecified atom stereocenters. The minimum Gasteiger partial charge on any atom is -0.387 e. The van der Waals surface area contributed by atoms with Gasteiger partial charge in [-0.15, -0.1) is 0 Å². The van der Waals surface area contributed by atoms with Crippen LogP contribution in [-0.2, 0) is 18.4 Å². The van der Waals surface area contributed by atoms with Crippen LogP contribution in [0.15, 0.2) is 36.5 Å². The van der Waals surface area contributed by atoms with Crippen LogP contribution in [0.5, 0.6) is 0 Å². The summed E-state index contributed by atoms with van der Waals surface area (Å²) in [6.07, 6.45) is 46.4. The first kappa shape index (κ1) is 53.7. The second-order valence-electron chi connectivity index (χ2n) is 16.8. The third-order valence-electron chi connectivity index (χ3n) is 10.1. The van der Waals surface area contributed by atoms with Gasteiger partial charge in [-0.1, -0.05) is 185 Å². The van der Waals surface area contributed by atoms with E-state index in [0.717, 1.165) is 44.9 Å². The molecule has 55 heavy (non-hydrogen) atoms. The highest BCUT2D eigenvalue weighted by Gasteiger charge is 2.27. The van der Waals surface area contributed by atoms with Crippen molar-refractivity contribution in [3.05, 3.63) is 36.5 Å². The molecule has 8 nitrogen and oxygen atoms in total. The molecule has 324 valence electrons. The zero-order valence-corrected chi connectivity index (χ0v) is 37.6. The molecule has 0 saturated heterocycles. The minimum atomic E-state index is -4.35. The summed E-state index contributed by atoms with van der Waals surface area (Å²) < 4.78 is 23.5. The van der Waals surface area contributed by atoms with Crippen molar-refractivity contribution in [2.45, 2.75) is 212 Å². The summed E-state index contributed by atoms with van der Waals surface area (Å²) in [6, 6.07) is -0.865. The molecule has 0 aliphatic carbocycles. The number of unbranched alkanes of at least 4 members (excludes halogenated alkanes) is 24. The molecule has 0 aromatic heterocycles. The van der Waals surface area contributed by atoms with Crippen LogP contribution < -0.4 is 5.32 Å². The third kappa shape index (κ3) is 40.7. The molecule has 0 aromatic rings. The van der Waals surface area contributed by atoms with Gasteiger partial charge < -0.3 is 19.8 Å². The molecule has 0 aromatic carbocycles. The van der Waals surface area contributed by atoms with Crippen molar-refractivity contribution in [2.75, 3.05) is 40.9 Å². The molecule has 0 aliphatic heterocycles. The summed E-state index contributed by atoms with van der Waals surface area (Å²) in [7, 11) is 1.55. The number of nitrogens with zero attached hydrogens (tertiary/aromatic N) is 1. The fourth-order valence-corrected chi connectivity index (χ4v) is 7.16. The lowest BCUT2D eigenvalue weighted by atomic mass is 10.0. The van der Waals surface area contributed by atoms with Crippen molar-refractivity contribution in [2.24, 2.45) is 0 Å². The van der Waals surface area contributed by atoms with Crippen molar-refractivity contribution < 1.29 is 32.9 Å². The Bertz CT molecular complexity index is 995. The Morgan fingerprint density at radius 2 is 1.00 bits per heavy atom. The Morgan fingerprint density at radius 3 is 1.45 bits per heavy atom. The monoisotopic (exact) mass is 798 g/mol. The van der Waals surface area contributed by atoms with E-state index in [1.165, 1.54) is 135 Å². The molecule has 9 heteroatoms. The maximum Gasteiger partial charge on any atom is 0.472 e. The number of quaternary nitrogens is 1. The summed E-state index contributed by atoms with van der Waals surface area (Å²) in [5, 5.41) is 13.8. The SMILES string of the molecule is CCCCCCCC/C=C/CC/C=C/CC/C=C/C(O)C(COP(=O)(O)OCC[N+](C)(C)C)NC(=O)CCCCCCCCCCCCCCCCCCC. The van der Waals surface area contributed by atoms with E-state index < -0.39 is 20.0 Å². The van der Waals surface area contributed by atoms with Crippen LogP contribution in [0.1, 0.15) is 200 Å². The molecule has 0 saturated carbocycles. The van der Waals surface area contributed by atoms with Gasteiger partial charge in [0.15, 0.2) is 0 Å². The van der Waals surface area contributed by atoms with E-state index in [9.17, 15) is 19.4 Å². The first-order chi connectivity index (χ1) is 26.5. The fourth-order valence-electron chi connectivity index (χ4n) is 6.43. The number of hydrogen-bond acceptors (Lipinski definition) is 5. The summed E-state index contributed by atoms with van der Waals surface area (Å²) in [6.45, 7) is 4.78. The maximum absolute atomic E-state index is 12.9. The lowest BCUT2D eigenvalue weighted by Crippen LogP contribution is -2.45. The number of hydrogen-bond donors (Lipinski definition) is 3. The number of likely N-dealkylation sites (N-methyl/N-ethyl adjacent to an activating group) is 1. The highest BCUT2D eigenvalue weighted by molar-refractivity contribution is 7.47. The van der Waals surface area contributed by atoms with Crippen LogP contribution in [0, 0.1) is 0 Å². The summed E-state index contributed by atoms with van der Waals surface area (Å²) in [4.78, 5) is 23.1. The van der Waals surface area contributed by atoms with Gasteiger partial charge in [-0.2, -0.15) is 0 Å². The van der Waals surface area contributed by atoms with Crippen molar-refractivity contribution in [3.63, 3.8) is 0 Å². The Labute approximate surface area is 340 Å². The van der Waals surface area contributed by atoms with E-state index in [1.54, 1.807) is 6.08 Å². The Kier molecular flexibility index (Phi) is 37.4. The Hall–Kier alpha value is -1.28. The van der Waals surface area contributed by atoms with Crippen molar-refractivity contribution in [3.8, 4) is 0 Å². The van der Waals surface area contributed by atoms with E-state index in [0.29, 0.717) is 17.4 Å². The lowest BCUT2D eigenvalue weighted by molar-refractivity contribution is -0.870. The number of phosphoric acid groups is 1. The van der Waals surface area contributed by atoms with Gasteiger partial charge in [0.05, 0.1) is 39.9 Å². The number of carbonyl (C=O) groups is 1. The smallest absolute Gasteiger partial charge is 0.387 e. The molecule has 0 radical (unpaired) electrons. The molecule has 3 atom stereocenters. The van der Waals surface area contributed by atoms with Crippen LogP contribution in [-0.4, -0.2) is 73.4 Å². The van der Waals surface area contributed by atoms with Gasteiger partial charge in [0, 0.05) is 6.42 Å². The molecule has 1 amide bonds. The second kappa shape index (κ2) is 38.2. The van der Waals surface area contributed by atoms with E-state index in [-0.39, 0.29) is 19.1 Å². The Morgan fingerprint density at radius 1 is 0.600 bits per heavy atom. The van der Waals surface area contributed by atoms with E-state index in [4.69, 9.17) is 9.05 Å². The average Bonchev–Trinajstić information content (AvgIpc) is 3.13. The quantitative estimate of drug-likeness (QED) is 0.0246. The van der Waals surface area contributed by atoms with Crippen LogP contribution >= 0.6 is 7.82 Å². The van der Waals surface area contributed by atoms with Gasteiger partial charge in [-0.25, -0.2) is 4.57 Å². The zero-order valence-electron chi connectivity index (χ0n) is 36.7. The second-order valence-corrected chi connectivity index (χ2v) is 18.2. The van der Waals surface area contributed by atoms with E-state index >= 15 is 0 Å². The van der Waals surface area contributed by atoms with Gasteiger partial charge in [-0.3, -0.25) is 13.8 Å². The van der Waals surface area contributed by atoms with Crippen molar-refractivity contribution in [1.82, 2.24) is 5.32 Å². The van der Waals surface area contributed by atoms with E-state index in [1.807, 2.05) is 27.2 Å². The zero-order chi connectivity index (χ0) is 40.7. The first-order valence-electron chi connectivity index (χ1n) is 22.9. The number of rotatable bonds is 41. The molecule has 0 spiro atoms. The van der Waals surface area contributed by atoms with Crippen LogP contribution in [0.25, 0.3) is 0 Å². The maximum atomic E-state index is 12.9. The van der Waals surface area contributed by atoms with Gasteiger partial charge in [-0.05, 0) is 44.9 Å². The Balaban J connectivity index is 4.46. The number of amides is 1. The summed E-state index contributed by atoms with van der Waals surface area (Å²) in [5.41, 5.74) is 0. The van der Waals surface area contributed by atoms with Gasteiger partial charge >= 0.3 is 7.82 Å². The molecule has 0 aliphatic rings. The molecule has 0 rings (SSSR count). The first-order valence-corrected chi connectivity index (χ1v) is 24.4. The predicted octanol–water partition coefficient (Wildman–Crippen LogP) is 12.7. The number of aliphatic hydroxyl groups is 1. The van der Waals surface area contributed by atoms with Gasteiger partial charge in [0.2, 0.25) is 5.91 Å². The summed E-state index contributed by atoms with van der Waals surface area (Å²) >= 11 is 0. The lowest BCUT2D eigenvalue weighted by Gasteiger charge is -2.25. The number of phosphoric ester groups is 1. The molecular weight excluding hydrogens is 707 g/mol. The van der Waals surface area contributed by atoms with E-state index in [2.05, 4.69) is 43.5 Å². The molecular formula is C46H90N2O6P+. The number of aliphatic hydroxyl groups excluding tert-OH is 1. The van der Waals surface area contributed by atoms with Crippen molar-refractivity contribution >= 4 is 13.7 Å². The standard InChI is InChI=1S/C46H89N2O6P/c1-6-8-10-12-14-16-18-20-22-24-26-28-30-32-34-36-38-40-46(50)47-44(43-54-55(51,52)53-42-41-48(3,4)5)45(49)39-37-35-33-31-29-27-25-23-21-19-17-15-13-11-9-7-2/h21,23,29,31,37,39,44-45,49H,6-20,22,24-28,30,32-36,38,40-43H2,1-5H3,(H-,47,50,51,52)/p+1/b23-21+,31-29+,39-37+. The predicted molar refractivity (Wildman–Crippen MR) is 235 cm³/mol. The highest BCUT2D eigenvalue weighted by atomic mass is 31.2. The molecule has 0 heterocycles. The number of allylic oxidation sites excluding steroid dienone is 5. The highest BCUT2D eigenvalue weighted by Crippen LogP contribution is 2.43. The number of carbonyl (C=O) groups excluding carboxylic acids is 1. The molecule has 3 N–H and O–H groups in total. The van der Waals surface area contributed by atoms with Crippen LogP contribution in [0.3, 0.4) is 0 Å². The molecule has 0 fully saturated rings. The van der Waals surface area contributed by atoms with Gasteiger partial charge in [0.25, 0.3) is 0 Å². The molecule has 0 bridgehead atoms. The summed E-state index contributed by atoms with van der Waals surface area (Å²) in [5.74, 6) is -0.190. The fraction of sp³-hybridized carbons (Fsp3) is 0.848. The largest absolute Gasteiger partial charge is 0.472 e.